The number of unbranched alkanes of at least 4 members (excludes halogenated alkanes) is 4. The van der Waals surface area contributed by atoms with Gasteiger partial charge in [0, 0.05) is 0 Å². The molecular weight excluding hydrogens is 396 g/mol. The number of hydrogen-bond acceptors (Lipinski definition) is 3. The molecule has 2 aromatic carbocycles. The van der Waals surface area contributed by atoms with Crippen LogP contribution < -0.4 is 9.47 Å². The zero-order valence-electron chi connectivity index (χ0n) is 21.3. The van der Waals surface area contributed by atoms with Gasteiger partial charge in [-0.05, 0) is 92.8 Å². The number of carbonyl (C=O) groups is 1. The first kappa shape index (κ1) is 26.0. The molecule has 32 heavy (non-hydrogen) atoms. The van der Waals surface area contributed by atoms with Crippen molar-refractivity contribution in [3.05, 3.63) is 57.1 Å². The van der Waals surface area contributed by atoms with Crippen LogP contribution in [0.1, 0.15) is 103 Å². The van der Waals surface area contributed by atoms with Gasteiger partial charge >= 0.3 is 5.97 Å². The number of hydrogen-bond donors (Lipinski definition) is 0. The molecule has 176 valence electrons. The zero-order valence-corrected chi connectivity index (χ0v) is 21.3. The highest BCUT2D eigenvalue weighted by Gasteiger charge is 2.22. The molecule has 0 bridgehead atoms. The van der Waals surface area contributed by atoms with Crippen LogP contribution in [0.4, 0.5) is 0 Å². The van der Waals surface area contributed by atoms with Crippen LogP contribution in [-0.4, -0.2) is 12.6 Å². The molecule has 0 heterocycles. The molecule has 3 nitrogen and oxygen atoms in total. The zero-order chi connectivity index (χ0) is 23.7. The van der Waals surface area contributed by atoms with E-state index in [0.29, 0.717) is 17.9 Å². The molecule has 0 aromatic heterocycles. The number of rotatable bonds is 12. The molecule has 0 unspecified atom stereocenters. The molecular formula is C29H42O3. The molecule has 0 N–H and O–H groups in total. The van der Waals surface area contributed by atoms with E-state index >= 15 is 0 Å². The van der Waals surface area contributed by atoms with Crippen LogP contribution in [-0.2, 0) is 12.8 Å². The second kappa shape index (κ2) is 12.7. The molecule has 0 atom stereocenters. The van der Waals surface area contributed by atoms with Crippen LogP contribution in [0.25, 0.3) is 0 Å². The van der Waals surface area contributed by atoms with Gasteiger partial charge in [-0.15, -0.1) is 0 Å². The summed E-state index contributed by atoms with van der Waals surface area (Å²) in [6.07, 6.45) is 8.46. The Bertz CT molecular complexity index is 911. The Morgan fingerprint density at radius 1 is 0.781 bits per heavy atom. The van der Waals surface area contributed by atoms with Crippen LogP contribution in [0, 0.1) is 27.7 Å². The first-order valence-electron chi connectivity index (χ1n) is 12.4. The van der Waals surface area contributed by atoms with Crippen LogP contribution in [0.2, 0.25) is 0 Å². The van der Waals surface area contributed by atoms with Gasteiger partial charge in [-0.25, -0.2) is 4.79 Å². The predicted molar refractivity (Wildman–Crippen MR) is 134 cm³/mol. The second-order valence-electron chi connectivity index (χ2n) is 8.86. The van der Waals surface area contributed by atoms with Crippen molar-refractivity contribution in [2.45, 2.75) is 99.8 Å². The van der Waals surface area contributed by atoms with E-state index in [-0.39, 0.29) is 5.97 Å². The minimum Gasteiger partial charge on any atom is -0.492 e. The van der Waals surface area contributed by atoms with E-state index in [1.165, 1.54) is 29.5 Å². The van der Waals surface area contributed by atoms with E-state index in [4.69, 9.17) is 9.47 Å². The summed E-state index contributed by atoms with van der Waals surface area (Å²) in [5.41, 5.74) is 7.51. The lowest BCUT2D eigenvalue weighted by Gasteiger charge is -2.21. The number of ether oxygens (including phenoxy) is 2. The molecule has 0 saturated heterocycles. The monoisotopic (exact) mass is 438 g/mol. The summed E-state index contributed by atoms with van der Waals surface area (Å²) in [7, 11) is 0. The molecule has 0 aliphatic rings. The van der Waals surface area contributed by atoms with E-state index in [1.54, 1.807) is 0 Å². The molecule has 2 aromatic rings. The van der Waals surface area contributed by atoms with E-state index in [9.17, 15) is 4.79 Å². The Balaban J connectivity index is 2.38. The van der Waals surface area contributed by atoms with Crippen LogP contribution in [0.3, 0.4) is 0 Å². The SMILES string of the molecule is CCCCCCOc1c(CC)cccc1C(=O)Oc1c(C)c(C)c(C)c(C)c1CCCC. The van der Waals surface area contributed by atoms with Gasteiger partial charge in [0.15, 0.2) is 0 Å². The van der Waals surface area contributed by atoms with Crippen LogP contribution in [0.5, 0.6) is 11.5 Å². The minimum atomic E-state index is -0.327. The standard InChI is InChI=1S/C29H42O3/c1-8-11-13-14-19-31-28-24(10-3)16-15-18-26(28)29(30)32-27-23(7)21(5)20(4)22(6)25(27)17-12-9-2/h15-16,18H,8-14,17,19H2,1-7H3. The van der Waals surface area contributed by atoms with Crippen molar-refractivity contribution in [2.24, 2.45) is 0 Å². The molecule has 0 fully saturated rings. The van der Waals surface area contributed by atoms with Gasteiger partial charge in [-0.1, -0.05) is 58.6 Å². The highest BCUT2D eigenvalue weighted by molar-refractivity contribution is 5.95. The predicted octanol–water partition coefficient (Wildman–Crippen LogP) is 8.00. The maximum atomic E-state index is 13.4. The fourth-order valence-corrected chi connectivity index (χ4v) is 4.19. The first-order valence-corrected chi connectivity index (χ1v) is 12.4. The lowest BCUT2D eigenvalue weighted by molar-refractivity contribution is 0.0726. The Hall–Kier alpha value is -2.29. The van der Waals surface area contributed by atoms with Crippen molar-refractivity contribution < 1.29 is 14.3 Å². The summed E-state index contributed by atoms with van der Waals surface area (Å²) >= 11 is 0. The summed E-state index contributed by atoms with van der Waals surface area (Å²) in [5, 5.41) is 0. The van der Waals surface area contributed by atoms with Gasteiger partial charge in [0.25, 0.3) is 0 Å². The summed E-state index contributed by atoms with van der Waals surface area (Å²) in [4.78, 5) is 13.4. The first-order chi connectivity index (χ1) is 15.4. The molecule has 0 amide bonds. The lowest BCUT2D eigenvalue weighted by Crippen LogP contribution is -2.15. The van der Waals surface area contributed by atoms with Crippen molar-refractivity contribution in [3.8, 4) is 11.5 Å². The number of para-hydroxylation sites is 1. The van der Waals surface area contributed by atoms with Crippen molar-refractivity contribution in [2.75, 3.05) is 6.61 Å². The third kappa shape index (κ3) is 6.15. The molecule has 0 spiro atoms. The third-order valence-electron chi connectivity index (χ3n) is 6.67. The van der Waals surface area contributed by atoms with Gasteiger partial charge in [-0.3, -0.25) is 0 Å². The van der Waals surface area contributed by atoms with Gasteiger partial charge in [0.1, 0.15) is 17.1 Å². The molecule has 3 heteroatoms. The quantitative estimate of drug-likeness (QED) is 0.191. The van der Waals surface area contributed by atoms with Crippen molar-refractivity contribution in [1.29, 1.82) is 0 Å². The minimum absolute atomic E-state index is 0.327. The number of carbonyl (C=O) groups excluding carboxylic acids is 1. The molecule has 0 radical (unpaired) electrons. The van der Waals surface area contributed by atoms with E-state index in [0.717, 1.165) is 61.0 Å². The fourth-order valence-electron chi connectivity index (χ4n) is 4.19. The maximum Gasteiger partial charge on any atom is 0.347 e. The normalized spacial score (nSPS) is 11.0. The Morgan fingerprint density at radius 2 is 1.47 bits per heavy atom. The largest absolute Gasteiger partial charge is 0.492 e. The van der Waals surface area contributed by atoms with Gasteiger partial charge in [-0.2, -0.15) is 0 Å². The number of esters is 1. The summed E-state index contributed by atoms with van der Waals surface area (Å²) in [6.45, 7) is 15.6. The van der Waals surface area contributed by atoms with Crippen molar-refractivity contribution >= 4 is 5.97 Å². The molecule has 0 aliphatic carbocycles. The Kier molecular flexibility index (Phi) is 10.3. The van der Waals surface area contributed by atoms with Crippen molar-refractivity contribution in [1.82, 2.24) is 0 Å². The topological polar surface area (TPSA) is 35.5 Å². The smallest absolute Gasteiger partial charge is 0.347 e. The van der Waals surface area contributed by atoms with Crippen LogP contribution in [0.15, 0.2) is 18.2 Å². The summed E-state index contributed by atoms with van der Waals surface area (Å²) in [6, 6.07) is 5.80. The lowest BCUT2D eigenvalue weighted by atomic mass is 9.90. The summed E-state index contributed by atoms with van der Waals surface area (Å²) in [5.74, 6) is 1.09. The average molecular weight is 439 g/mol. The molecule has 2 rings (SSSR count). The average Bonchev–Trinajstić information content (AvgIpc) is 2.80. The highest BCUT2D eigenvalue weighted by atomic mass is 16.5. The number of benzene rings is 2. The second-order valence-corrected chi connectivity index (χ2v) is 8.86. The fraction of sp³-hybridized carbons (Fsp3) is 0.552. The van der Waals surface area contributed by atoms with E-state index in [2.05, 4.69) is 48.5 Å². The third-order valence-corrected chi connectivity index (χ3v) is 6.67. The maximum absolute atomic E-state index is 13.4. The number of aryl methyl sites for hydroxylation is 1. The Morgan fingerprint density at radius 3 is 2.12 bits per heavy atom. The van der Waals surface area contributed by atoms with Crippen LogP contribution >= 0.6 is 0 Å². The van der Waals surface area contributed by atoms with Crippen molar-refractivity contribution in [3.63, 3.8) is 0 Å². The molecule has 0 saturated carbocycles. The molecule has 0 aliphatic heterocycles. The van der Waals surface area contributed by atoms with E-state index < -0.39 is 0 Å². The van der Waals surface area contributed by atoms with Gasteiger partial charge < -0.3 is 9.47 Å². The highest BCUT2D eigenvalue weighted by Crippen LogP contribution is 2.35. The van der Waals surface area contributed by atoms with Gasteiger partial charge in [0.2, 0.25) is 0 Å². The Labute approximate surface area is 195 Å². The van der Waals surface area contributed by atoms with Gasteiger partial charge in [0.05, 0.1) is 6.61 Å². The van der Waals surface area contributed by atoms with E-state index in [1.807, 2.05) is 18.2 Å². The summed E-state index contributed by atoms with van der Waals surface area (Å²) < 4.78 is 12.3.